The SMILES string of the molecule is Cc1ccc(F)c(C(=O)NCCCC(C)CBr)c1F. The fourth-order valence-corrected chi connectivity index (χ4v) is 2.01. The van der Waals surface area contributed by atoms with E-state index in [4.69, 9.17) is 0 Å². The number of carbonyl (C=O) groups is 1. The van der Waals surface area contributed by atoms with Gasteiger partial charge in [0.1, 0.15) is 17.2 Å². The summed E-state index contributed by atoms with van der Waals surface area (Å²) in [7, 11) is 0. The summed E-state index contributed by atoms with van der Waals surface area (Å²) < 4.78 is 27.2. The van der Waals surface area contributed by atoms with Gasteiger partial charge in [0.15, 0.2) is 0 Å². The Morgan fingerprint density at radius 3 is 2.74 bits per heavy atom. The molecule has 0 aliphatic carbocycles. The number of halogens is 3. The third-order valence-electron chi connectivity index (χ3n) is 2.93. The van der Waals surface area contributed by atoms with Crippen LogP contribution in [0.25, 0.3) is 0 Å². The van der Waals surface area contributed by atoms with Crippen molar-refractivity contribution in [2.45, 2.75) is 26.7 Å². The van der Waals surface area contributed by atoms with Crippen LogP contribution in [0.15, 0.2) is 12.1 Å². The van der Waals surface area contributed by atoms with E-state index in [1.54, 1.807) is 0 Å². The van der Waals surface area contributed by atoms with Gasteiger partial charge in [0.25, 0.3) is 5.91 Å². The number of alkyl halides is 1. The molecular formula is C14H18BrF2NO. The van der Waals surface area contributed by atoms with Gasteiger partial charge in [-0.1, -0.05) is 28.9 Å². The van der Waals surface area contributed by atoms with Gasteiger partial charge in [0.2, 0.25) is 0 Å². The highest BCUT2D eigenvalue weighted by Crippen LogP contribution is 2.16. The predicted molar refractivity (Wildman–Crippen MR) is 75.6 cm³/mol. The Bertz CT molecular complexity index is 451. The first-order valence-corrected chi connectivity index (χ1v) is 7.38. The second-order valence-electron chi connectivity index (χ2n) is 4.71. The predicted octanol–water partition coefficient (Wildman–Crippen LogP) is 3.81. The first kappa shape index (κ1) is 16.1. The summed E-state index contributed by atoms with van der Waals surface area (Å²) in [5, 5.41) is 3.46. The molecule has 0 saturated carbocycles. The second kappa shape index (κ2) is 7.58. The summed E-state index contributed by atoms with van der Waals surface area (Å²) in [5.41, 5.74) is -0.229. The van der Waals surface area contributed by atoms with E-state index in [-0.39, 0.29) is 5.56 Å². The average Bonchev–Trinajstić information content (AvgIpc) is 2.39. The molecule has 0 radical (unpaired) electrons. The van der Waals surface area contributed by atoms with E-state index in [2.05, 4.69) is 28.2 Å². The van der Waals surface area contributed by atoms with Crippen LogP contribution in [0, 0.1) is 24.5 Å². The molecule has 0 saturated heterocycles. The van der Waals surface area contributed by atoms with Crippen LogP contribution in [-0.4, -0.2) is 17.8 Å². The van der Waals surface area contributed by atoms with Crippen molar-refractivity contribution in [1.29, 1.82) is 0 Å². The summed E-state index contributed by atoms with van der Waals surface area (Å²) in [5.74, 6) is -1.78. The molecule has 5 heteroatoms. The third kappa shape index (κ3) is 4.56. The van der Waals surface area contributed by atoms with Gasteiger partial charge < -0.3 is 5.32 Å². The molecule has 0 aromatic heterocycles. The van der Waals surface area contributed by atoms with Crippen molar-refractivity contribution in [1.82, 2.24) is 5.32 Å². The monoisotopic (exact) mass is 333 g/mol. The minimum Gasteiger partial charge on any atom is -0.352 e. The molecule has 1 unspecified atom stereocenters. The van der Waals surface area contributed by atoms with Gasteiger partial charge in [0.05, 0.1) is 0 Å². The number of rotatable bonds is 6. The normalized spacial score (nSPS) is 12.3. The van der Waals surface area contributed by atoms with E-state index in [0.717, 1.165) is 24.2 Å². The molecule has 0 aliphatic heterocycles. The van der Waals surface area contributed by atoms with Crippen LogP contribution >= 0.6 is 15.9 Å². The van der Waals surface area contributed by atoms with Gasteiger partial charge in [0, 0.05) is 11.9 Å². The molecule has 0 bridgehead atoms. The Balaban J connectivity index is 2.57. The lowest BCUT2D eigenvalue weighted by molar-refractivity contribution is 0.0944. The first-order chi connectivity index (χ1) is 8.97. The Labute approximate surface area is 120 Å². The standard InChI is InChI=1S/C14H18BrF2NO/c1-9(8-15)4-3-7-18-14(19)12-11(16)6-5-10(2)13(12)17/h5-6,9H,3-4,7-8H2,1-2H3,(H,18,19). The van der Waals surface area contributed by atoms with Crippen molar-refractivity contribution in [2.75, 3.05) is 11.9 Å². The lowest BCUT2D eigenvalue weighted by Crippen LogP contribution is -2.27. The summed E-state index contributed by atoms with van der Waals surface area (Å²) in [6.07, 6.45) is 1.73. The van der Waals surface area contributed by atoms with Gasteiger partial charge in [-0.2, -0.15) is 0 Å². The van der Waals surface area contributed by atoms with E-state index in [9.17, 15) is 13.6 Å². The molecule has 1 rings (SSSR count). The van der Waals surface area contributed by atoms with Crippen molar-refractivity contribution >= 4 is 21.8 Å². The molecule has 0 fully saturated rings. The first-order valence-electron chi connectivity index (χ1n) is 6.26. The van der Waals surface area contributed by atoms with Crippen LogP contribution in [0.2, 0.25) is 0 Å². The number of hydrogen-bond donors (Lipinski definition) is 1. The van der Waals surface area contributed by atoms with Crippen molar-refractivity contribution in [3.63, 3.8) is 0 Å². The molecule has 0 aliphatic rings. The third-order valence-corrected chi connectivity index (χ3v) is 4.04. The maximum absolute atomic E-state index is 13.7. The van der Waals surface area contributed by atoms with Crippen LogP contribution in [0.4, 0.5) is 8.78 Å². The molecule has 2 nitrogen and oxygen atoms in total. The van der Waals surface area contributed by atoms with Crippen LogP contribution < -0.4 is 5.32 Å². The van der Waals surface area contributed by atoms with Crippen molar-refractivity contribution in [3.05, 3.63) is 34.9 Å². The average molecular weight is 334 g/mol. The number of benzene rings is 1. The molecule has 19 heavy (non-hydrogen) atoms. The van der Waals surface area contributed by atoms with Crippen LogP contribution in [-0.2, 0) is 0 Å². The highest BCUT2D eigenvalue weighted by atomic mass is 79.9. The van der Waals surface area contributed by atoms with E-state index in [1.807, 2.05) is 0 Å². The van der Waals surface area contributed by atoms with Crippen molar-refractivity contribution in [2.24, 2.45) is 5.92 Å². The van der Waals surface area contributed by atoms with Crippen molar-refractivity contribution < 1.29 is 13.6 Å². The highest BCUT2D eigenvalue weighted by Gasteiger charge is 2.18. The quantitative estimate of drug-likeness (QED) is 0.622. The number of carbonyl (C=O) groups excluding carboxylic acids is 1. The zero-order valence-electron chi connectivity index (χ0n) is 11.1. The minimum atomic E-state index is -0.825. The van der Waals surface area contributed by atoms with E-state index in [1.165, 1.54) is 13.0 Å². The Hall–Kier alpha value is -0.970. The second-order valence-corrected chi connectivity index (χ2v) is 5.36. The smallest absolute Gasteiger partial charge is 0.257 e. The lowest BCUT2D eigenvalue weighted by Gasteiger charge is -2.10. The molecule has 1 aromatic rings. The molecule has 1 atom stereocenters. The molecule has 1 N–H and O–H groups in total. The van der Waals surface area contributed by atoms with Gasteiger partial charge >= 0.3 is 0 Å². The number of aryl methyl sites for hydroxylation is 1. The molecule has 0 spiro atoms. The maximum atomic E-state index is 13.7. The van der Waals surface area contributed by atoms with E-state index < -0.39 is 23.1 Å². The molecular weight excluding hydrogens is 316 g/mol. The summed E-state index contributed by atoms with van der Waals surface area (Å²) in [6.45, 7) is 4.02. The van der Waals surface area contributed by atoms with Gasteiger partial charge in [-0.05, 0) is 37.3 Å². The van der Waals surface area contributed by atoms with Gasteiger partial charge in [-0.25, -0.2) is 8.78 Å². The Morgan fingerprint density at radius 2 is 2.11 bits per heavy atom. The van der Waals surface area contributed by atoms with Gasteiger partial charge in [-0.3, -0.25) is 4.79 Å². The fraction of sp³-hybridized carbons (Fsp3) is 0.500. The molecule has 1 amide bonds. The van der Waals surface area contributed by atoms with Crippen LogP contribution in [0.3, 0.4) is 0 Å². The Morgan fingerprint density at radius 1 is 1.42 bits per heavy atom. The van der Waals surface area contributed by atoms with E-state index >= 15 is 0 Å². The summed E-state index contributed by atoms with van der Waals surface area (Å²) in [6, 6.07) is 2.43. The molecule has 1 aromatic carbocycles. The zero-order chi connectivity index (χ0) is 14.4. The number of amides is 1. The largest absolute Gasteiger partial charge is 0.352 e. The molecule has 106 valence electrons. The van der Waals surface area contributed by atoms with E-state index in [0.29, 0.717) is 12.5 Å². The van der Waals surface area contributed by atoms with Crippen LogP contribution in [0.5, 0.6) is 0 Å². The number of hydrogen-bond acceptors (Lipinski definition) is 1. The zero-order valence-corrected chi connectivity index (χ0v) is 12.7. The van der Waals surface area contributed by atoms with Crippen LogP contribution in [0.1, 0.15) is 35.7 Å². The fourth-order valence-electron chi connectivity index (χ4n) is 1.68. The lowest BCUT2D eigenvalue weighted by atomic mass is 10.1. The maximum Gasteiger partial charge on any atom is 0.257 e. The molecule has 0 heterocycles. The van der Waals surface area contributed by atoms with Crippen molar-refractivity contribution in [3.8, 4) is 0 Å². The minimum absolute atomic E-state index is 0.263. The number of nitrogens with one attached hydrogen (secondary N) is 1. The highest BCUT2D eigenvalue weighted by molar-refractivity contribution is 9.09. The summed E-state index contributed by atoms with van der Waals surface area (Å²) >= 11 is 3.37. The van der Waals surface area contributed by atoms with Gasteiger partial charge in [-0.15, -0.1) is 0 Å². The summed E-state index contributed by atoms with van der Waals surface area (Å²) in [4.78, 5) is 11.8. The Kier molecular flexibility index (Phi) is 6.42. The topological polar surface area (TPSA) is 29.1 Å².